The zero-order valence-electron chi connectivity index (χ0n) is 19.5. The lowest BCUT2D eigenvalue weighted by molar-refractivity contribution is -0.123. The fourth-order valence-corrected chi connectivity index (χ4v) is 2.37. The van der Waals surface area contributed by atoms with Gasteiger partial charge in [0.1, 0.15) is 0 Å². The molecule has 3 amide bonds. The first-order valence-electron chi connectivity index (χ1n) is 10.6. The van der Waals surface area contributed by atoms with Gasteiger partial charge < -0.3 is 22.1 Å². The molecule has 0 spiro atoms. The van der Waals surface area contributed by atoms with Gasteiger partial charge in [-0.05, 0) is 43.9 Å². The number of carbonyl (C=O) groups is 3. The lowest BCUT2D eigenvalue weighted by Crippen LogP contribution is -2.47. The number of nitrogens with one attached hydrogen (secondary N) is 2. The monoisotopic (exact) mass is 443 g/mol. The van der Waals surface area contributed by atoms with Crippen LogP contribution < -0.4 is 22.1 Å². The van der Waals surface area contributed by atoms with Crippen molar-refractivity contribution >= 4 is 18.2 Å². The molecular weight excluding hydrogens is 406 g/mol. The van der Waals surface area contributed by atoms with E-state index in [2.05, 4.69) is 54.3 Å². The number of hydrogen-bond acceptors (Lipinski definition) is 5. The van der Waals surface area contributed by atoms with Crippen molar-refractivity contribution < 1.29 is 14.4 Å². The molecule has 2 rings (SSSR count). The highest BCUT2D eigenvalue weighted by Gasteiger charge is 2.18. The van der Waals surface area contributed by atoms with Crippen LogP contribution in [-0.2, 0) is 20.8 Å². The Morgan fingerprint density at radius 1 is 1.09 bits per heavy atom. The van der Waals surface area contributed by atoms with E-state index in [4.69, 9.17) is 5.73 Å². The average Bonchev–Trinajstić information content (AvgIpc) is 2.79. The predicted molar refractivity (Wildman–Crippen MR) is 127 cm³/mol. The third kappa shape index (κ3) is 14.7. The Balaban J connectivity index is 0.000000560. The minimum Gasteiger partial charge on any atom is -0.368 e. The van der Waals surface area contributed by atoms with Crippen molar-refractivity contribution in [3.05, 3.63) is 66.0 Å². The molecule has 3 atom stereocenters. The van der Waals surface area contributed by atoms with Crippen molar-refractivity contribution in [2.75, 3.05) is 6.54 Å². The third-order valence-electron chi connectivity index (χ3n) is 4.71. The number of hydrogen-bond donors (Lipinski definition) is 4. The molecule has 6 N–H and O–H groups in total. The number of pyridine rings is 1. The van der Waals surface area contributed by atoms with E-state index in [1.807, 2.05) is 37.3 Å². The molecule has 1 aromatic heterocycles. The van der Waals surface area contributed by atoms with Crippen LogP contribution in [0.3, 0.4) is 0 Å². The normalized spacial score (nSPS) is 12.4. The third-order valence-corrected chi connectivity index (χ3v) is 4.71. The SMILES string of the molecule is CCC(C)C(C)NC(=O)C(N)Cc1ccncc1.Cc1ccccc1.NC(=O)CNC=O. The van der Waals surface area contributed by atoms with Crippen molar-refractivity contribution in [2.45, 2.75) is 52.6 Å². The van der Waals surface area contributed by atoms with E-state index in [-0.39, 0.29) is 18.5 Å². The van der Waals surface area contributed by atoms with Gasteiger partial charge in [-0.2, -0.15) is 0 Å². The van der Waals surface area contributed by atoms with Gasteiger partial charge in [-0.3, -0.25) is 19.4 Å². The van der Waals surface area contributed by atoms with Gasteiger partial charge in [0.15, 0.2) is 0 Å². The standard InChI is InChI=1S/C14H23N3O.C7H8.C3H6N2O2/c1-4-10(2)11(3)17-14(18)13(15)9-12-5-7-16-8-6-12;1-7-5-3-2-4-6-7;4-3(7)1-5-2-6/h5-8,10-11,13H,4,9,15H2,1-3H3,(H,17,18);2-6H,1H3;2H,1H2,(H2,4,7)(H,5,6). The lowest BCUT2D eigenvalue weighted by Gasteiger charge is -2.22. The van der Waals surface area contributed by atoms with Crippen LogP contribution in [0.2, 0.25) is 0 Å². The van der Waals surface area contributed by atoms with Crippen LogP contribution in [0.1, 0.15) is 38.3 Å². The lowest BCUT2D eigenvalue weighted by atomic mass is 10.00. The number of nitrogens with zero attached hydrogens (tertiary/aromatic N) is 1. The summed E-state index contributed by atoms with van der Waals surface area (Å²) in [4.78, 5) is 35.0. The van der Waals surface area contributed by atoms with E-state index in [0.717, 1.165) is 12.0 Å². The van der Waals surface area contributed by atoms with E-state index in [1.54, 1.807) is 12.4 Å². The second-order valence-electron chi connectivity index (χ2n) is 7.47. The molecule has 0 saturated heterocycles. The van der Waals surface area contributed by atoms with E-state index >= 15 is 0 Å². The molecule has 0 aliphatic heterocycles. The van der Waals surface area contributed by atoms with Gasteiger partial charge in [-0.15, -0.1) is 0 Å². The number of benzene rings is 1. The molecule has 0 fully saturated rings. The summed E-state index contributed by atoms with van der Waals surface area (Å²) >= 11 is 0. The van der Waals surface area contributed by atoms with Crippen LogP contribution in [-0.4, -0.2) is 41.8 Å². The fraction of sp³-hybridized carbons (Fsp3) is 0.417. The molecule has 32 heavy (non-hydrogen) atoms. The summed E-state index contributed by atoms with van der Waals surface area (Å²) in [6, 6.07) is 13.7. The Labute approximate surface area is 191 Å². The van der Waals surface area contributed by atoms with Crippen LogP contribution in [0.5, 0.6) is 0 Å². The van der Waals surface area contributed by atoms with E-state index in [1.165, 1.54) is 5.56 Å². The smallest absolute Gasteiger partial charge is 0.237 e. The second-order valence-corrected chi connectivity index (χ2v) is 7.47. The minimum atomic E-state index is -0.535. The predicted octanol–water partition coefficient (Wildman–Crippen LogP) is 1.71. The first-order valence-corrected chi connectivity index (χ1v) is 10.6. The second kappa shape index (κ2) is 17.4. The quantitative estimate of drug-likeness (QED) is 0.437. The first-order chi connectivity index (χ1) is 15.2. The molecule has 1 aromatic carbocycles. The molecule has 0 bridgehead atoms. The minimum absolute atomic E-state index is 0.0799. The van der Waals surface area contributed by atoms with Crippen LogP contribution in [0.15, 0.2) is 54.9 Å². The van der Waals surface area contributed by atoms with E-state index < -0.39 is 11.9 Å². The van der Waals surface area contributed by atoms with Crippen LogP contribution in [0, 0.1) is 12.8 Å². The highest BCUT2D eigenvalue weighted by Crippen LogP contribution is 2.07. The summed E-state index contributed by atoms with van der Waals surface area (Å²) in [7, 11) is 0. The Morgan fingerprint density at radius 3 is 2.09 bits per heavy atom. The summed E-state index contributed by atoms with van der Waals surface area (Å²) < 4.78 is 0. The first kappa shape index (κ1) is 28.7. The molecule has 8 nitrogen and oxygen atoms in total. The largest absolute Gasteiger partial charge is 0.368 e. The zero-order valence-corrected chi connectivity index (χ0v) is 19.5. The number of aromatic nitrogens is 1. The van der Waals surface area contributed by atoms with E-state index in [9.17, 15) is 14.4 Å². The number of carbonyl (C=O) groups excluding carboxylic acids is 3. The Bertz CT molecular complexity index is 772. The van der Waals surface area contributed by atoms with Crippen LogP contribution >= 0.6 is 0 Å². The van der Waals surface area contributed by atoms with Gasteiger partial charge in [-0.1, -0.05) is 56.2 Å². The van der Waals surface area contributed by atoms with Gasteiger partial charge in [0, 0.05) is 18.4 Å². The number of nitrogens with two attached hydrogens (primary N) is 2. The summed E-state index contributed by atoms with van der Waals surface area (Å²) in [5.74, 6) is -0.159. The molecular formula is C24H37N5O3. The molecule has 0 aliphatic carbocycles. The van der Waals surface area contributed by atoms with Gasteiger partial charge in [0.25, 0.3) is 0 Å². The number of rotatable bonds is 9. The van der Waals surface area contributed by atoms with Crippen LogP contribution in [0.4, 0.5) is 0 Å². The zero-order chi connectivity index (χ0) is 24.4. The summed E-state index contributed by atoms with van der Waals surface area (Å²) in [6.07, 6.45) is 5.43. The molecule has 1 heterocycles. The van der Waals surface area contributed by atoms with Crippen molar-refractivity contribution in [1.29, 1.82) is 0 Å². The highest BCUT2D eigenvalue weighted by molar-refractivity contribution is 5.82. The van der Waals surface area contributed by atoms with Gasteiger partial charge in [0.2, 0.25) is 18.2 Å². The molecule has 2 aromatic rings. The maximum atomic E-state index is 11.9. The van der Waals surface area contributed by atoms with Crippen LogP contribution in [0.25, 0.3) is 0 Å². The van der Waals surface area contributed by atoms with Crippen molar-refractivity contribution in [3.8, 4) is 0 Å². The molecule has 176 valence electrons. The maximum absolute atomic E-state index is 11.9. The fourth-order valence-electron chi connectivity index (χ4n) is 2.37. The van der Waals surface area contributed by atoms with Gasteiger partial charge in [0.05, 0.1) is 12.6 Å². The average molecular weight is 444 g/mol. The summed E-state index contributed by atoms with van der Waals surface area (Å²) in [5, 5.41) is 5.06. The van der Waals surface area contributed by atoms with Crippen molar-refractivity contribution in [2.24, 2.45) is 17.4 Å². The Hall–Kier alpha value is -3.26. The van der Waals surface area contributed by atoms with Crippen molar-refractivity contribution in [3.63, 3.8) is 0 Å². The summed E-state index contributed by atoms with van der Waals surface area (Å²) in [6.45, 7) is 8.26. The number of aryl methyl sites for hydroxylation is 1. The molecule has 0 saturated carbocycles. The van der Waals surface area contributed by atoms with Gasteiger partial charge >= 0.3 is 0 Å². The molecule has 0 radical (unpaired) electrons. The van der Waals surface area contributed by atoms with E-state index in [0.29, 0.717) is 18.7 Å². The summed E-state index contributed by atoms with van der Waals surface area (Å²) in [5.41, 5.74) is 12.9. The van der Waals surface area contributed by atoms with Gasteiger partial charge in [-0.25, -0.2) is 0 Å². The Kier molecular flexibility index (Phi) is 15.6. The number of primary amides is 1. The number of amides is 3. The van der Waals surface area contributed by atoms with Crippen molar-refractivity contribution in [1.82, 2.24) is 15.6 Å². The molecule has 8 heteroatoms. The highest BCUT2D eigenvalue weighted by atomic mass is 16.2. The molecule has 3 unspecified atom stereocenters. The Morgan fingerprint density at radius 2 is 1.69 bits per heavy atom. The maximum Gasteiger partial charge on any atom is 0.237 e. The topological polar surface area (TPSA) is 140 Å². The molecule has 0 aliphatic rings.